The zero-order valence-electron chi connectivity index (χ0n) is 14.9. The van der Waals surface area contributed by atoms with Crippen molar-refractivity contribution < 1.29 is 9.53 Å². The van der Waals surface area contributed by atoms with Gasteiger partial charge in [-0.15, -0.1) is 0 Å². The first-order valence-electron chi connectivity index (χ1n) is 8.85. The predicted molar refractivity (Wildman–Crippen MR) is 96.0 cm³/mol. The molecule has 1 amide bonds. The summed E-state index contributed by atoms with van der Waals surface area (Å²) < 4.78 is 5.43. The number of hydrogen-bond donors (Lipinski definition) is 1. The number of nitrogens with one attached hydrogen (secondary N) is 1. The maximum absolute atomic E-state index is 12.5. The van der Waals surface area contributed by atoms with Crippen molar-refractivity contribution in [1.29, 1.82) is 5.26 Å². The molecule has 1 aliphatic carbocycles. The van der Waals surface area contributed by atoms with E-state index in [1.54, 1.807) is 12.3 Å². The van der Waals surface area contributed by atoms with Crippen molar-refractivity contribution in [2.45, 2.75) is 51.2 Å². The van der Waals surface area contributed by atoms with Gasteiger partial charge in [0.1, 0.15) is 12.7 Å². The molecule has 1 fully saturated rings. The van der Waals surface area contributed by atoms with E-state index in [0.717, 1.165) is 43.2 Å². The number of alkyl carbamates (subject to hydrolysis) is 1. The molecule has 1 N–H and O–H groups in total. The summed E-state index contributed by atoms with van der Waals surface area (Å²) in [4.78, 5) is 20.7. The third kappa shape index (κ3) is 4.17. The second-order valence-corrected chi connectivity index (χ2v) is 6.71. The first kappa shape index (κ1) is 17.9. The van der Waals surface area contributed by atoms with Crippen LogP contribution in [0.1, 0.15) is 54.7 Å². The number of hydrogen-bond acceptors (Lipinski definition) is 5. The zero-order valence-corrected chi connectivity index (χ0v) is 14.9. The van der Waals surface area contributed by atoms with Crippen LogP contribution in [0.25, 0.3) is 0 Å². The Morgan fingerprint density at radius 1 is 1.31 bits per heavy atom. The number of rotatable bonds is 4. The van der Waals surface area contributed by atoms with Gasteiger partial charge in [0.15, 0.2) is 0 Å². The molecule has 0 aliphatic heterocycles. The average Bonchev–Trinajstić information content (AvgIpc) is 2.67. The van der Waals surface area contributed by atoms with Crippen LogP contribution in [-0.4, -0.2) is 16.1 Å². The van der Waals surface area contributed by atoms with Crippen molar-refractivity contribution in [2.75, 3.05) is 0 Å². The second kappa shape index (κ2) is 7.96. The van der Waals surface area contributed by atoms with E-state index in [0.29, 0.717) is 5.69 Å². The highest BCUT2D eigenvalue weighted by Crippen LogP contribution is 2.36. The maximum Gasteiger partial charge on any atom is 0.408 e. The molecule has 0 bridgehead atoms. The molecule has 0 radical (unpaired) electrons. The van der Waals surface area contributed by atoms with Crippen LogP contribution in [0.2, 0.25) is 0 Å². The lowest BCUT2D eigenvalue weighted by atomic mass is 9.79. The van der Waals surface area contributed by atoms with Crippen molar-refractivity contribution >= 4 is 6.09 Å². The smallest absolute Gasteiger partial charge is 0.408 e. The summed E-state index contributed by atoms with van der Waals surface area (Å²) in [6.07, 6.45) is 5.75. The van der Waals surface area contributed by atoms with Gasteiger partial charge >= 0.3 is 6.09 Å². The minimum Gasteiger partial charge on any atom is -0.445 e. The number of benzene rings is 1. The monoisotopic (exact) mass is 350 g/mol. The number of carbonyl (C=O) groups is 1. The Balaban J connectivity index is 1.73. The first-order chi connectivity index (χ1) is 12.6. The summed E-state index contributed by atoms with van der Waals surface area (Å²) in [6.45, 7) is 2.22. The Hall–Kier alpha value is -2.94. The van der Waals surface area contributed by atoms with E-state index in [2.05, 4.69) is 15.3 Å². The molecule has 0 unspecified atom stereocenters. The van der Waals surface area contributed by atoms with Gasteiger partial charge in [-0.1, -0.05) is 49.1 Å². The van der Waals surface area contributed by atoms with Gasteiger partial charge in [0.05, 0.1) is 11.2 Å². The molecule has 0 spiro atoms. The van der Waals surface area contributed by atoms with Crippen LogP contribution in [0.3, 0.4) is 0 Å². The van der Waals surface area contributed by atoms with Gasteiger partial charge in [0.25, 0.3) is 0 Å². The molecule has 134 valence electrons. The summed E-state index contributed by atoms with van der Waals surface area (Å²) in [7, 11) is 0. The summed E-state index contributed by atoms with van der Waals surface area (Å²) in [5.74, 6) is 0.113. The van der Waals surface area contributed by atoms with Crippen molar-refractivity contribution in [2.24, 2.45) is 0 Å². The molecule has 6 nitrogen and oxygen atoms in total. The van der Waals surface area contributed by atoms with Crippen molar-refractivity contribution in [1.82, 2.24) is 15.3 Å². The highest BCUT2D eigenvalue weighted by molar-refractivity contribution is 5.68. The number of aryl methyl sites for hydroxylation is 1. The first-order valence-corrected chi connectivity index (χ1v) is 8.85. The summed E-state index contributed by atoms with van der Waals surface area (Å²) >= 11 is 0. The van der Waals surface area contributed by atoms with Crippen LogP contribution >= 0.6 is 0 Å². The quantitative estimate of drug-likeness (QED) is 0.907. The van der Waals surface area contributed by atoms with E-state index in [-0.39, 0.29) is 12.4 Å². The van der Waals surface area contributed by atoms with E-state index >= 15 is 0 Å². The Kier molecular flexibility index (Phi) is 5.47. The number of aromatic nitrogens is 2. The molecule has 6 heteroatoms. The summed E-state index contributed by atoms with van der Waals surface area (Å²) in [5.41, 5.74) is 2.15. The van der Waals surface area contributed by atoms with Crippen molar-refractivity contribution in [3.63, 3.8) is 0 Å². The lowest BCUT2D eigenvalue weighted by Gasteiger charge is -2.37. The predicted octanol–water partition coefficient (Wildman–Crippen LogP) is 3.74. The Morgan fingerprint density at radius 3 is 2.85 bits per heavy atom. The molecule has 3 rings (SSSR count). The van der Waals surface area contributed by atoms with Crippen LogP contribution in [-0.2, 0) is 16.9 Å². The molecule has 1 aromatic heterocycles. The lowest BCUT2D eigenvalue weighted by molar-refractivity contribution is 0.116. The minimum absolute atomic E-state index is 0.113. The molecule has 1 saturated carbocycles. The Morgan fingerprint density at radius 2 is 2.12 bits per heavy atom. The van der Waals surface area contributed by atoms with Gasteiger partial charge in [-0.3, -0.25) is 0 Å². The van der Waals surface area contributed by atoms with E-state index in [4.69, 9.17) is 10.00 Å². The molecule has 1 heterocycles. The van der Waals surface area contributed by atoms with Crippen LogP contribution in [0.15, 0.2) is 36.5 Å². The standard InChI is InChI=1S/C20H22N4O2/c1-15-6-5-7-16(12-15)14-26-19(25)24-20(9-3-2-4-10-20)17-8-11-22-18(13-21)23-17/h5-8,11-12H,2-4,9-10,14H2,1H3,(H,24,25). The van der Waals surface area contributed by atoms with Crippen molar-refractivity contribution in [3.8, 4) is 6.07 Å². The van der Waals surface area contributed by atoms with E-state index in [9.17, 15) is 4.79 Å². The fraction of sp³-hybridized carbons (Fsp3) is 0.400. The van der Waals surface area contributed by atoms with Gasteiger partial charge in [0, 0.05) is 6.20 Å². The summed E-state index contributed by atoms with van der Waals surface area (Å²) in [5, 5.41) is 12.1. The zero-order chi connectivity index (χ0) is 18.4. The largest absolute Gasteiger partial charge is 0.445 e. The number of carbonyl (C=O) groups excluding carboxylic acids is 1. The molecular formula is C20H22N4O2. The second-order valence-electron chi connectivity index (χ2n) is 6.71. The van der Waals surface area contributed by atoms with Crippen LogP contribution in [0.4, 0.5) is 4.79 Å². The fourth-order valence-corrected chi connectivity index (χ4v) is 3.46. The van der Waals surface area contributed by atoms with Gasteiger partial charge in [-0.2, -0.15) is 5.26 Å². The Labute approximate surface area is 153 Å². The van der Waals surface area contributed by atoms with Gasteiger partial charge in [-0.05, 0) is 31.4 Å². The highest BCUT2D eigenvalue weighted by Gasteiger charge is 2.37. The van der Waals surface area contributed by atoms with Crippen LogP contribution in [0.5, 0.6) is 0 Å². The molecular weight excluding hydrogens is 328 g/mol. The molecule has 0 saturated heterocycles. The molecule has 1 aromatic carbocycles. The van der Waals surface area contributed by atoms with Gasteiger partial charge < -0.3 is 10.1 Å². The molecule has 0 atom stereocenters. The maximum atomic E-state index is 12.5. The topological polar surface area (TPSA) is 87.9 Å². The van der Waals surface area contributed by atoms with E-state index < -0.39 is 11.6 Å². The highest BCUT2D eigenvalue weighted by atomic mass is 16.5. The van der Waals surface area contributed by atoms with Crippen LogP contribution in [0, 0.1) is 18.3 Å². The Bertz CT molecular complexity index is 823. The average molecular weight is 350 g/mol. The van der Waals surface area contributed by atoms with Crippen LogP contribution < -0.4 is 5.32 Å². The summed E-state index contributed by atoms with van der Waals surface area (Å²) in [6, 6.07) is 11.6. The normalized spacial score (nSPS) is 15.7. The minimum atomic E-state index is -0.601. The SMILES string of the molecule is Cc1cccc(COC(=O)NC2(c3ccnc(C#N)n3)CCCCC2)c1. The molecule has 2 aromatic rings. The number of nitriles is 1. The van der Waals surface area contributed by atoms with E-state index in [1.807, 2.05) is 37.3 Å². The van der Waals surface area contributed by atoms with Crippen molar-refractivity contribution in [3.05, 3.63) is 59.2 Å². The van der Waals surface area contributed by atoms with Gasteiger partial charge in [-0.25, -0.2) is 14.8 Å². The fourth-order valence-electron chi connectivity index (χ4n) is 3.46. The number of ether oxygens (including phenoxy) is 1. The third-order valence-corrected chi connectivity index (χ3v) is 4.75. The third-order valence-electron chi connectivity index (χ3n) is 4.75. The number of nitrogens with zero attached hydrogens (tertiary/aromatic N) is 3. The molecule has 26 heavy (non-hydrogen) atoms. The lowest BCUT2D eigenvalue weighted by Crippen LogP contribution is -2.48. The van der Waals surface area contributed by atoms with Gasteiger partial charge in [0.2, 0.25) is 5.82 Å². The van der Waals surface area contributed by atoms with E-state index in [1.165, 1.54) is 0 Å². The number of amides is 1. The molecule has 1 aliphatic rings.